The zero-order chi connectivity index (χ0) is 19.2. The Morgan fingerprint density at radius 2 is 1.85 bits per heavy atom. The number of carbonyl (C=O) groups is 1. The summed E-state index contributed by atoms with van der Waals surface area (Å²) in [5, 5.41) is 5.11. The van der Waals surface area contributed by atoms with E-state index in [-0.39, 0.29) is 7.33 Å². The average Bonchev–Trinajstić information content (AvgIpc) is 3.36. The zero-order valence-corrected chi connectivity index (χ0v) is 17.0. The third kappa shape index (κ3) is 4.69. The van der Waals surface area contributed by atoms with Gasteiger partial charge in [0.05, 0.1) is 10.6 Å². The predicted octanol–water partition coefficient (Wildman–Crippen LogP) is 4.22. The van der Waals surface area contributed by atoms with Crippen molar-refractivity contribution < 1.29 is 14.6 Å². The fraction of sp³-hybridized carbons (Fsp3) is 0.444. The number of carbonyl (C=O) groups excluding carboxylic acids is 1. The van der Waals surface area contributed by atoms with Crippen molar-refractivity contribution in [1.82, 2.24) is 9.29 Å². The van der Waals surface area contributed by atoms with Gasteiger partial charge in [-0.15, -0.1) is 11.3 Å². The van der Waals surface area contributed by atoms with Gasteiger partial charge in [-0.3, -0.25) is 4.79 Å². The first-order valence-electron chi connectivity index (χ1n) is 8.86. The van der Waals surface area contributed by atoms with Crippen LogP contribution in [0.25, 0.3) is 11.3 Å². The molecule has 1 amide bonds. The third-order valence-electron chi connectivity index (χ3n) is 3.92. The minimum Gasteiger partial charge on any atom is -0.302 e. The van der Waals surface area contributed by atoms with Crippen LogP contribution in [0, 0.1) is 0 Å². The molecule has 0 bridgehead atoms. The molecule has 2 heterocycles. The molecule has 1 fully saturated rings. The SMILES string of the molecule is CC.CCC(=O)Nc1nc(-c2ccc(S(=O)(=O)N3CCCC3)cc2)cs1.[HH]. The molecule has 0 atom stereocenters. The molecular weight excluding hydrogens is 370 g/mol. The van der Waals surface area contributed by atoms with Gasteiger partial charge in [-0.2, -0.15) is 4.31 Å². The molecule has 26 heavy (non-hydrogen) atoms. The van der Waals surface area contributed by atoms with E-state index in [1.165, 1.54) is 15.6 Å². The van der Waals surface area contributed by atoms with Crippen molar-refractivity contribution in [2.75, 3.05) is 18.4 Å². The van der Waals surface area contributed by atoms with Crippen LogP contribution in [0.4, 0.5) is 5.13 Å². The summed E-state index contributed by atoms with van der Waals surface area (Å²) in [5.41, 5.74) is 1.54. The van der Waals surface area contributed by atoms with E-state index in [9.17, 15) is 13.2 Å². The van der Waals surface area contributed by atoms with Crippen LogP contribution in [0.5, 0.6) is 0 Å². The smallest absolute Gasteiger partial charge is 0.243 e. The molecule has 2 aromatic rings. The van der Waals surface area contributed by atoms with Crippen LogP contribution in [0.3, 0.4) is 0 Å². The third-order valence-corrected chi connectivity index (χ3v) is 6.60. The van der Waals surface area contributed by atoms with Gasteiger partial charge in [0.1, 0.15) is 0 Å². The van der Waals surface area contributed by atoms with Crippen molar-refractivity contribution in [3.63, 3.8) is 0 Å². The Morgan fingerprint density at radius 3 is 2.42 bits per heavy atom. The Morgan fingerprint density at radius 1 is 1.23 bits per heavy atom. The van der Waals surface area contributed by atoms with Crippen molar-refractivity contribution >= 4 is 32.4 Å². The van der Waals surface area contributed by atoms with Gasteiger partial charge in [-0.25, -0.2) is 13.4 Å². The normalized spacial score (nSPS) is 14.6. The van der Waals surface area contributed by atoms with Crippen LogP contribution in [-0.2, 0) is 14.8 Å². The molecule has 1 saturated heterocycles. The highest BCUT2D eigenvalue weighted by Crippen LogP contribution is 2.27. The van der Waals surface area contributed by atoms with Crippen molar-refractivity contribution in [3.05, 3.63) is 29.6 Å². The quantitative estimate of drug-likeness (QED) is 0.819. The minimum absolute atomic E-state index is 0. The molecule has 1 aliphatic rings. The second-order valence-corrected chi connectivity index (χ2v) is 8.37. The maximum Gasteiger partial charge on any atom is 0.243 e. The number of aromatic nitrogens is 1. The Kier molecular flexibility index (Phi) is 7.31. The average molecular weight is 398 g/mol. The highest BCUT2D eigenvalue weighted by Gasteiger charge is 2.26. The summed E-state index contributed by atoms with van der Waals surface area (Å²) in [5.74, 6) is -0.0806. The molecule has 0 radical (unpaired) electrons. The van der Waals surface area contributed by atoms with Gasteiger partial charge in [0.2, 0.25) is 15.9 Å². The standard InChI is InChI=1S/C16H19N3O3S2.C2H6.H2/c1-2-15(20)18-16-17-14(11-23-16)12-5-7-13(8-6-12)24(21,22)19-9-3-4-10-19;1-2;/h5-8,11H,2-4,9-10H2,1H3,(H,17,18,20);1-2H3;1H. The lowest BCUT2D eigenvalue weighted by molar-refractivity contribution is -0.115. The van der Waals surface area contributed by atoms with E-state index in [4.69, 9.17) is 0 Å². The molecule has 0 unspecified atom stereocenters. The van der Waals surface area contributed by atoms with Gasteiger partial charge in [0, 0.05) is 31.9 Å². The monoisotopic (exact) mass is 397 g/mol. The van der Waals surface area contributed by atoms with Gasteiger partial charge >= 0.3 is 0 Å². The number of benzene rings is 1. The van der Waals surface area contributed by atoms with Crippen molar-refractivity contribution in [2.24, 2.45) is 0 Å². The molecular formula is C18H27N3O3S2. The number of anilines is 1. The fourth-order valence-electron chi connectivity index (χ4n) is 2.55. The number of nitrogens with zero attached hydrogens (tertiary/aromatic N) is 2. The molecule has 0 spiro atoms. The first kappa shape index (κ1) is 20.5. The maximum atomic E-state index is 12.5. The number of thiazole rings is 1. The van der Waals surface area contributed by atoms with E-state index < -0.39 is 10.0 Å². The van der Waals surface area contributed by atoms with Crippen LogP contribution in [0.15, 0.2) is 34.5 Å². The number of hydrogen-bond donors (Lipinski definition) is 1. The molecule has 0 aliphatic carbocycles. The maximum absolute atomic E-state index is 12.5. The largest absolute Gasteiger partial charge is 0.302 e. The topological polar surface area (TPSA) is 79.4 Å². The lowest BCUT2D eigenvalue weighted by atomic mass is 10.2. The lowest BCUT2D eigenvalue weighted by Gasteiger charge is -2.15. The Labute approximate surface area is 160 Å². The summed E-state index contributed by atoms with van der Waals surface area (Å²) < 4.78 is 26.5. The zero-order valence-electron chi connectivity index (χ0n) is 15.4. The Hall–Kier alpha value is -1.77. The molecule has 8 heteroatoms. The molecule has 1 N–H and O–H groups in total. The van der Waals surface area contributed by atoms with Gasteiger partial charge in [-0.05, 0) is 25.0 Å². The molecule has 3 rings (SSSR count). The fourth-order valence-corrected chi connectivity index (χ4v) is 4.80. The van der Waals surface area contributed by atoms with Crippen LogP contribution < -0.4 is 5.32 Å². The van der Waals surface area contributed by atoms with Gasteiger partial charge < -0.3 is 5.32 Å². The lowest BCUT2D eigenvalue weighted by Crippen LogP contribution is -2.27. The van der Waals surface area contributed by atoms with E-state index >= 15 is 0 Å². The van der Waals surface area contributed by atoms with Crippen LogP contribution >= 0.6 is 11.3 Å². The first-order chi connectivity index (χ1) is 12.5. The van der Waals surface area contributed by atoms with E-state index in [0.717, 1.165) is 24.1 Å². The van der Waals surface area contributed by atoms with E-state index in [1.807, 2.05) is 19.2 Å². The number of rotatable bonds is 5. The summed E-state index contributed by atoms with van der Waals surface area (Å²) in [7, 11) is -3.39. The summed E-state index contributed by atoms with van der Waals surface area (Å²) in [6.07, 6.45) is 2.24. The molecule has 1 aromatic heterocycles. The van der Waals surface area contributed by atoms with Gasteiger partial charge in [0.15, 0.2) is 5.13 Å². The van der Waals surface area contributed by atoms with Crippen LogP contribution in [0.2, 0.25) is 0 Å². The summed E-state index contributed by atoms with van der Waals surface area (Å²) in [6.45, 7) is 6.97. The van der Waals surface area contributed by atoms with E-state index in [1.54, 1.807) is 31.2 Å². The van der Waals surface area contributed by atoms with Crippen molar-refractivity contribution in [2.45, 2.75) is 44.9 Å². The Balaban J connectivity index is 0.00000118. The predicted molar refractivity (Wildman–Crippen MR) is 108 cm³/mol. The van der Waals surface area contributed by atoms with Gasteiger partial charge in [0.25, 0.3) is 0 Å². The van der Waals surface area contributed by atoms with Crippen LogP contribution in [0.1, 0.15) is 41.5 Å². The molecule has 1 aromatic carbocycles. The highest BCUT2D eigenvalue weighted by atomic mass is 32.2. The first-order valence-corrected chi connectivity index (χ1v) is 11.2. The van der Waals surface area contributed by atoms with Crippen molar-refractivity contribution in [1.29, 1.82) is 0 Å². The van der Waals surface area contributed by atoms with E-state index in [2.05, 4.69) is 10.3 Å². The summed E-state index contributed by atoms with van der Waals surface area (Å²) in [6, 6.07) is 6.74. The minimum atomic E-state index is -3.39. The highest BCUT2D eigenvalue weighted by molar-refractivity contribution is 7.89. The molecule has 0 saturated carbocycles. The van der Waals surface area contributed by atoms with Crippen molar-refractivity contribution in [3.8, 4) is 11.3 Å². The number of amides is 1. The number of sulfonamides is 1. The Bertz CT molecular complexity index is 830. The summed E-state index contributed by atoms with van der Waals surface area (Å²) in [4.78, 5) is 16.1. The number of hydrogen-bond acceptors (Lipinski definition) is 5. The second kappa shape index (κ2) is 9.25. The van der Waals surface area contributed by atoms with Gasteiger partial charge in [-0.1, -0.05) is 32.9 Å². The summed E-state index contributed by atoms with van der Waals surface area (Å²) >= 11 is 1.35. The van der Waals surface area contributed by atoms with Crippen LogP contribution in [-0.4, -0.2) is 36.7 Å². The second-order valence-electron chi connectivity index (χ2n) is 5.58. The number of nitrogens with one attached hydrogen (secondary N) is 1. The molecule has 144 valence electrons. The van der Waals surface area contributed by atoms with E-state index in [0.29, 0.717) is 29.5 Å². The molecule has 6 nitrogen and oxygen atoms in total. The molecule has 1 aliphatic heterocycles.